The number of ether oxygens (including phenoxy) is 4. The molecule has 8 nitrogen and oxygen atoms in total. The van der Waals surface area contributed by atoms with Crippen molar-refractivity contribution in [1.82, 2.24) is 0 Å². The zero-order valence-electron chi connectivity index (χ0n) is 14.7. The number of nitrogens with zero attached hydrogens (tertiary/aromatic N) is 1. The Hall–Kier alpha value is -1.55. The average Bonchev–Trinajstić information content (AvgIpc) is 2.62. The summed E-state index contributed by atoms with van der Waals surface area (Å²) >= 11 is 0. The third-order valence-corrected chi connectivity index (χ3v) is 4.99. The van der Waals surface area contributed by atoms with E-state index in [9.17, 15) is 8.42 Å². The molecule has 1 N–H and O–H groups in total. The lowest BCUT2D eigenvalue weighted by Crippen LogP contribution is -2.36. The zero-order chi connectivity index (χ0) is 18.1. The van der Waals surface area contributed by atoms with Crippen LogP contribution in [0.3, 0.4) is 0 Å². The van der Waals surface area contributed by atoms with E-state index in [1.165, 1.54) is 7.11 Å². The number of hydrogen-bond acceptors (Lipinski definition) is 7. The van der Waals surface area contributed by atoms with Crippen LogP contribution >= 0.6 is 0 Å². The Kier molecular flexibility index (Phi) is 7.76. The molecule has 2 rings (SSSR count). The van der Waals surface area contributed by atoms with E-state index in [4.69, 9.17) is 18.9 Å². The fraction of sp³-hybridized carbons (Fsp3) is 0.625. The van der Waals surface area contributed by atoms with Crippen LogP contribution in [0.1, 0.15) is 0 Å². The van der Waals surface area contributed by atoms with Crippen molar-refractivity contribution in [3.8, 4) is 5.75 Å². The van der Waals surface area contributed by atoms with Gasteiger partial charge >= 0.3 is 0 Å². The SMILES string of the molecule is COCCOCCS(=O)(=O)Nc1cc(N2CCOCC2)ccc1OC. The van der Waals surface area contributed by atoms with Crippen LogP contribution in [0.5, 0.6) is 5.75 Å². The average molecular weight is 374 g/mol. The Morgan fingerprint density at radius 3 is 2.60 bits per heavy atom. The fourth-order valence-corrected chi connectivity index (χ4v) is 3.36. The van der Waals surface area contributed by atoms with Gasteiger partial charge < -0.3 is 23.8 Å². The molecule has 1 fully saturated rings. The highest BCUT2D eigenvalue weighted by atomic mass is 32.2. The van der Waals surface area contributed by atoms with Crippen LogP contribution in [0.25, 0.3) is 0 Å². The molecule has 0 amide bonds. The van der Waals surface area contributed by atoms with Gasteiger partial charge in [-0.3, -0.25) is 4.72 Å². The number of benzene rings is 1. The molecule has 0 aliphatic carbocycles. The number of anilines is 2. The molecule has 0 unspecified atom stereocenters. The van der Waals surface area contributed by atoms with Gasteiger partial charge in [-0.1, -0.05) is 0 Å². The molecular weight excluding hydrogens is 348 g/mol. The van der Waals surface area contributed by atoms with Gasteiger partial charge in [-0.15, -0.1) is 0 Å². The molecule has 1 aromatic carbocycles. The highest BCUT2D eigenvalue weighted by Crippen LogP contribution is 2.30. The summed E-state index contributed by atoms with van der Waals surface area (Å²) in [7, 11) is -0.467. The molecule has 1 heterocycles. The van der Waals surface area contributed by atoms with Crippen LogP contribution in [0.15, 0.2) is 18.2 Å². The van der Waals surface area contributed by atoms with Crippen molar-refractivity contribution in [3.05, 3.63) is 18.2 Å². The molecular formula is C16H26N2O6S. The molecule has 1 saturated heterocycles. The molecule has 9 heteroatoms. The smallest absolute Gasteiger partial charge is 0.235 e. The Morgan fingerprint density at radius 1 is 1.16 bits per heavy atom. The predicted octanol–water partition coefficient (Wildman–Crippen LogP) is 0.937. The second-order valence-corrected chi connectivity index (χ2v) is 7.35. The Balaban J connectivity index is 2.03. The Labute approximate surface area is 149 Å². The number of sulfonamides is 1. The maximum Gasteiger partial charge on any atom is 0.235 e. The van der Waals surface area contributed by atoms with E-state index < -0.39 is 10.0 Å². The van der Waals surface area contributed by atoms with Crippen LogP contribution < -0.4 is 14.4 Å². The third kappa shape index (κ3) is 6.35. The van der Waals surface area contributed by atoms with Crippen molar-refractivity contribution in [2.75, 3.05) is 75.7 Å². The van der Waals surface area contributed by atoms with Crippen molar-refractivity contribution in [3.63, 3.8) is 0 Å². The first kappa shape index (κ1) is 19.8. The van der Waals surface area contributed by atoms with Gasteiger partial charge in [0.2, 0.25) is 10.0 Å². The summed E-state index contributed by atoms with van der Waals surface area (Å²) in [6.45, 7) is 3.75. The first-order valence-electron chi connectivity index (χ1n) is 8.13. The number of methoxy groups -OCH3 is 2. The van der Waals surface area contributed by atoms with Crippen LogP contribution in [-0.2, 0) is 24.2 Å². The van der Waals surface area contributed by atoms with Gasteiger partial charge in [0.05, 0.1) is 51.6 Å². The van der Waals surface area contributed by atoms with E-state index in [1.54, 1.807) is 19.2 Å². The summed E-state index contributed by atoms with van der Waals surface area (Å²) in [6.07, 6.45) is 0. The molecule has 0 saturated carbocycles. The maximum absolute atomic E-state index is 12.3. The molecule has 0 atom stereocenters. The minimum absolute atomic E-state index is 0.101. The van der Waals surface area contributed by atoms with Gasteiger partial charge in [-0.2, -0.15) is 0 Å². The normalized spacial score (nSPS) is 15.2. The minimum Gasteiger partial charge on any atom is -0.495 e. The standard InChI is InChI=1S/C16H26N2O6S/c1-21-9-10-24-11-12-25(19,20)17-15-13-14(3-4-16(15)22-2)18-5-7-23-8-6-18/h3-4,13,17H,5-12H2,1-2H3. The van der Waals surface area contributed by atoms with Crippen molar-refractivity contribution in [1.29, 1.82) is 0 Å². The molecule has 0 aromatic heterocycles. The van der Waals surface area contributed by atoms with Gasteiger partial charge in [-0.05, 0) is 18.2 Å². The Bertz CT molecular complexity index is 632. The number of morpholine rings is 1. The first-order valence-corrected chi connectivity index (χ1v) is 9.79. The van der Waals surface area contributed by atoms with Crippen molar-refractivity contribution in [2.45, 2.75) is 0 Å². The number of rotatable bonds is 10. The maximum atomic E-state index is 12.3. The van der Waals surface area contributed by atoms with Crippen LogP contribution in [0, 0.1) is 0 Å². The van der Waals surface area contributed by atoms with Crippen molar-refractivity contribution in [2.24, 2.45) is 0 Å². The third-order valence-electron chi connectivity index (χ3n) is 3.75. The molecule has 142 valence electrons. The molecule has 1 aliphatic rings. The lowest BCUT2D eigenvalue weighted by molar-refractivity contribution is 0.0785. The second-order valence-electron chi connectivity index (χ2n) is 5.51. The highest BCUT2D eigenvalue weighted by molar-refractivity contribution is 7.92. The fourth-order valence-electron chi connectivity index (χ4n) is 2.43. The second kappa shape index (κ2) is 9.81. The largest absolute Gasteiger partial charge is 0.495 e. The van der Waals surface area contributed by atoms with Crippen LogP contribution in [0.2, 0.25) is 0 Å². The zero-order valence-corrected chi connectivity index (χ0v) is 15.5. The van der Waals surface area contributed by atoms with Gasteiger partial charge in [0.25, 0.3) is 0 Å². The summed E-state index contributed by atoms with van der Waals surface area (Å²) in [6, 6.07) is 5.46. The van der Waals surface area contributed by atoms with E-state index in [-0.39, 0.29) is 12.4 Å². The summed E-state index contributed by atoms with van der Waals surface area (Å²) in [5, 5.41) is 0. The quantitative estimate of drug-likeness (QED) is 0.610. The molecule has 25 heavy (non-hydrogen) atoms. The Morgan fingerprint density at radius 2 is 1.92 bits per heavy atom. The van der Waals surface area contributed by atoms with Crippen molar-refractivity contribution < 1.29 is 27.4 Å². The molecule has 0 bridgehead atoms. The summed E-state index contributed by atoms with van der Waals surface area (Å²) in [4.78, 5) is 2.15. The highest BCUT2D eigenvalue weighted by Gasteiger charge is 2.17. The summed E-state index contributed by atoms with van der Waals surface area (Å²) < 4.78 is 47.8. The lowest BCUT2D eigenvalue weighted by atomic mass is 10.2. The van der Waals surface area contributed by atoms with E-state index >= 15 is 0 Å². The minimum atomic E-state index is -3.54. The monoisotopic (exact) mass is 374 g/mol. The van der Waals surface area contributed by atoms with E-state index in [1.807, 2.05) is 6.07 Å². The van der Waals surface area contributed by atoms with Gasteiger partial charge in [0, 0.05) is 25.9 Å². The molecule has 1 aromatic rings. The predicted molar refractivity (Wildman–Crippen MR) is 96.1 cm³/mol. The first-order chi connectivity index (χ1) is 12.1. The van der Waals surface area contributed by atoms with E-state index in [0.717, 1.165) is 18.8 Å². The van der Waals surface area contributed by atoms with Gasteiger partial charge in [-0.25, -0.2) is 8.42 Å². The molecule has 0 spiro atoms. The van der Waals surface area contributed by atoms with Crippen molar-refractivity contribution >= 4 is 21.4 Å². The van der Waals surface area contributed by atoms with Crippen LogP contribution in [-0.4, -0.2) is 74.5 Å². The number of nitrogens with one attached hydrogen (secondary N) is 1. The summed E-state index contributed by atoms with van der Waals surface area (Å²) in [5.41, 5.74) is 1.35. The number of hydrogen-bond donors (Lipinski definition) is 1. The molecule has 0 radical (unpaired) electrons. The van der Waals surface area contributed by atoms with Gasteiger partial charge in [0.1, 0.15) is 5.75 Å². The molecule has 1 aliphatic heterocycles. The lowest BCUT2D eigenvalue weighted by Gasteiger charge is -2.29. The topological polar surface area (TPSA) is 86.3 Å². The van der Waals surface area contributed by atoms with Crippen LogP contribution in [0.4, 0.5) is 11.4 Å². The van der Waals surface area contributed by atoms with E-state index in [0.29, 0.717) is 37.9 Å². The van der Waals surface area contributed by atoms with E-state index in [2.05, 4.69) is 9.62 Å². The summed E-state index contributed by atoms with van der Waals surface area (Å²) in [5.74, 6) is 0.336. The van der Waals surface area contributed by atoms with Gasteiger partial charge in [0.15, 0.2) is 0 Å².